The smallest absolute Gasteiger partial charge is 0.227 e. The van der Waals surface area contributed by atoms with Crippen LogP contribution in [-0.2, 0) is 11.2 Å². The lowest BCUT2D eigenvalue weighted by Gasteiger charge is -2.05. The van der Waals surface area contributed by atoms with Crippen LogP contribution in [0.4, 0.5) is 5.69 Å². The molecule has 2 aromatic heterocycles. The van der Waals surface area contributed by atoms with E-state index in [1.165, 1.54) is 0 Å². The molecule has 4 aromatic rings. The van der Waals surface area contributed by atoms with Crippen LogP contribution in [0.1, 0.15) is 44.3 Å². The topological polar surface area (TPSA) is 94.1 Å². The maximum absolute atomic E-state index is 12.2. The van der Waals surface area contributed by atoms with Crippen LogP contribution in [0.2, 0.25) is 0 Å². The highest BCUT2D eigenvalue weighted by molar-refractivity contribution is 5.91. The minimum atomic E-state index is -0.0526. The maximum atomic E-state index is 12.2. The molecule has 7 heteroatoms. The normalized spacial score (nSPS) is 11.3. The SMILES string of the molecule is CC(C)c1noc(CCCC(=O)Nc2ccc(-c3nc4ccccc4o3)cc2)n1. The average Bonchev–Trinajstić information content (AvgIpc) is 3.35. The number of carbonyl (C=O) groups is 1. The Bertz CT molecular complexity index is 1080. The molecule has 0 bridgehead atoms. The van der Waals surface area contributed by atoms with E-state index in [0.717, 1.165) is 22.4 Å². The quantitative estimate of drug-likeness (QED) is 0.479. The molecule has 0 radical (unpaired) electrons. The molecular weight excluding hydrogens is 368 g/mol. The molecule has 1 amide bonds. The molecule has 4 rings (SSSR count). The summed E-state index contributed by atoms with van der Waals surface area (Å²) in [6, 6.07) is 15.1. The highest BCUT2D eigenvalue weighted by atomic mass is 16.5. The third-order valence-electron chi connectivity index (χ3n) is 4.50. The van der Waals surface area contributed by atoms with Crippen molar-refractivity contribution < 1.29 is 13.7 Å². The molecule has 0 saturated heterocycles. The summed E-state index contributed by atoms with van der Waals surface area (Å²) in [4.78, 5) is 21.0. The van der Waals surface area contributed by atoms with Crippen LogP contribution >= 0.6 is 0 Å². The van der Waals surface area contributed by atoms with E-state index in [9.17, 15) is 4.79 Å². The fourth-order valence-corrected chi connectivity index (χ4v) is 2.92. The van der Waals surface area contributed by atoms with Gasteiger partial charge in [0.05, 0.1) is 0 Å². The third-order valence-corrected chi connectivity index (χ3v) is 4.50. The lowest BCUT2D eigenvalue weighted by atomic mass is 10.2. The fourth-order valence-electron chi connectivity index (χ4n) is 2.92. The number of nitrogens with one attached hydrogen (secondary N) is 1. The van der Waals surface area contributed by atoms with Gasteiger partial charge >= 0.3 is 0 Å². The number of aromatic nitrogens is 3. The highest BCUT2D eigenvalue weighted by Gasteiger charge is 2.11. The van der Waals surface area contributed by atoms with Gasteiger partial charge in [-0.3, -0.25) is 4.79 Å². The van der Waals surface area contributed by atoms with Crippen LogP contribution in [0.25, 0.3) is 22.6 Å². The van der Waals surface area contributed by atoms with Crippen molar-refractivity contribution in [2.75, 3.05) is 5.32 Å². The van der Waals surface area contributed by atoms with Gasteiger partial charge in [0, 0.05) is 30.0 Å². The first-order valence-corrected chi connectivity index (χ1v) is 9.67. The first-order valence-electron chi connectivity index (χ1n) is 9.67. The molecule has 0 spiro atoms. The van der Waals surface area contributed by atoms with E-state index < -0.39 is 0 Å². The number of rotatable bonds is 7. The first kappa shape index (κ1) is 18.9. The Kier molecular flexibility index (Phi) is 5.37. The van der Waals surface area contributed by atoms with E-state index in [1.807, 2.05) is 62.4 Å². The van der Waals surface area contributed by atoms with Crippen molar-refractivity contribution in [2.24, 2.45) is 0 Å². The Morgan fingerprint density at radius 1 is 1.07 bits per heavy atom. The van der Waals surface area contributed by atoms with Gasteiger partial charge in [0.2, 0.25) is 17.7 Å². The van der Waals surface area contributed by atoms with E-state index >= 15 is 0 Å². The van der Waals surface area contributed by atoms with Crippen molar-refractivity contribution in [1.29, 1.82) is 0 Å². The van der Waals surface area contributed by atoms with E-state index in [4.69, 9.17) is 8.94 Å². The Labute approximate surface area is 168 Å². The molecule has 7 nitrogen and oxygen atoms in total. The van der Waals surface area contributed by atoms with Gasteiger partial charge in [-0.2, -0.15) is 4.98 Å². The van der Waals surface area contributed by atoms with Gasteiger partial charge in [0.1, 0.15) is 5.52 Å². The summed E-state index contributed by atoms with van der Waals surface area (Å²) in [6.45, 7) is 4.02. The average molecular weight is 390 g/mol. The zero-order chi connectivity index (χ0) is 20.2. The van der Waals surface area contributed by atoms with Crippen LogP contribution in [0.15, 0.2) is 57.5 Å². The number of hydrogen-bond donors (Lipinski definition) is 1. The lowest BCUT2D eigenvalue weighted by molar-refractivity contribution is -0.116. The predicted molar refractivity (Wildman–Crippen MR) is 109 cm³/mol. The summed E-state index contributed by atoms with van der Waals surface area (Å²) in [5, 5.41) is 6.83. The van der Waals surface area contributed by atoms with E-state index in [1.54, 1.807) is 0 Å². The molecule has 0 fully saturated rings. The zero-order valence-electron chi connectivity index (χ0n) is 16.4. The predicted octanol–water partition coefficient (Wildman–Crippen LogP) is 4.96. The molecule has 2 aromatic carbocycles. The molecule has 0 atom stereocenters. The number of hydrogen-bond acceptors (Lipinski definition) is 6. The molecule has 0 aliphatic heterocycles. The van der Waals surface area contributed by atoms with Gasteiger partial charge in [0.25, 0.3) is 0 Å². The van der Waals surface area contributed by atoms with Crippen LogP contribution in [0.3, 0.4) is 0 Å². The zero-order valence-corrected chi connectivity index (χ0v) is 16.4. The Hall–Kier alpha value is -3.48. The Balaban J connectivity index is 1.30. The largest absolute Gasteiger partial charge is 0.436 e. The number of anilines is 1. The van der Waals surface area contributed by atoms with Crippen molar-refractivity contribution in [3.05, 3.63) is 60.2 Å². The monoisotopic (exact) mass is 390 g/mol. The number of fused-ring (bicyclic) bond motifs is 1. The van der Waals surface area contributed by atoms with Gasteiger partial charge in [-0.15, -0.1) is 0 Å². The molecule has 0 unspecified atom stereocenters. The summed E-state index contributed by atoms with van der Waals surface area (Å²) >= 11 is 0. The van der Waals surface area contributed by atoms with Gasteiger partial charge < -0.3 is 14.3 Å². The fraction of sp³-hybridized carbons (Fsp3) is 0.273. The van der Waals surface area contributed by atoms with Crippen LogP contribution < -0.4 is 5.32 Å². The standard InChI is InChI=1S/C22H22N4O3/c1-14(2)21-25-20(29-26-21)9-5-8-19(27)23-16-12-10-15(11-13-16)22-24-17-6-3-4-7-18(17)28-22/h3-4,6-7,10-14H,5,8-9H2,1-2H3,(H,23,27). The second kappa shape index (κ2) is 8.26. The number of benzene rings is 2. The van der Waals surface area contributed by atoms with Gasteiger partial charge in [-0.05, 0) is 42.8 Å². The molecule has 0 saturated carbocycles. The molecule has 148 valence electrons. The Morgan fingerprint density at radius 2 is 1.86 bits per heavy atom. The number of aryl methyl sites for hydroxylation is 1. The minimum Gasteiger partial charge on any atom is -0.436 e. The van der Waals surface area contributed by atoms with E-state index in [-0.39, 0.29) is 11.8 Å². The molecule has 1 N–H and O–H groups in total. The molecule has 0 aliphatic carbocycles. The summed E-state index contributed by atoms with van der Waals surface area (Å²) in [5.74, 6) is 2.01. The van der Waals surface area contributed by atoms with Gasteiger partial charge in [0.15, 0.2) is 11.4 Å². The first-order chi connectivity index (χ1) is 14.1. The van der Waals surface area contributed by atoms with Crippen molar-refractivity contribution in [3.63, 3.8) is 0 Å². The number of carbonyl (C=O) groups excluding carboxylic acids is 1. The van der Waals surface area contributed by atoms with Gasteiger partial charge in [-0.1, -0.05) is 31.1 Å². The summed E-state index contributed by atoms with van der Waals surface area (Å²) < 4.78 is 11.0. The van der Waals surface area contributed by atoms with E-state index in [2.05, 4.69) is 20.4 Å². The highest BCUT2D eigenvalue weighted by Crippen LogP contribution is 2.25. The molecular formula is C22H22N4O3. The van der Waals surface area contributed by atoms with Crippen LogP contribution in [-0.4, -0.2) is 21.0 Å². The minimum absolute atomic E-state index is 0.0526. The second-order valence-corrected chi connectivity index (χ2v) is 7.17. The van der Waals surface area contributed by atoms with Crippen molar-refractivity contribution in [3.8, 4) is 11.5 Å². The van der Waals surface area contributed by atoms with Crippen molar-refractivity contribution in [2.45, 2.75) is 39.0 Å². The number of oxazole rings is 1. The Morgan fingerprint density at radius 3 is 2.59 bits per heavy atom. The summed E-state index contributed by atoms with van der Waals surface area (Å²) in [6.07, 6.45) is 1.61. The van der Waals surface area contributed by atoms with Crippen LogP contribution in [0.5, 0.6) is 0 Å². The molecule has 2 heterocycles. The maximum Gasteiger partial charge on any atom is 0.227 e. The van der Waals surface area contributed by atoms with Gasteiger partial charge in [-0.25, -0.2) is 4.98 Å². The summed E-state index contributed by atoms with van der Waals surface area (Å²) in [5.41, 5.74) is 3.16. The molecule has 29 heavy (non-hydrogen) atoms. The number of nitrogens with zero attached hydrogens (tertiary/aromatic N) is 3. The van der Waals surface area contributed by atoms with Crippen molar-refractivity contribution in [1.82, 2.24) is 15.1 Å². The number of para-hydroxylation sites is 2. The summed E-state index contributed by atoms with van der Waals surface area (Å²) in [7, 11) is 0. The number of amides is 1. The third kappa shape index (κ3) is 4.51. The lowest BCUT2D eigenvalue weighted by Crippen LogP contribution is -2.11. The van der Waals surface area contributed by atoms with Crippen LogP contribution in [0, 0.1) is 0 Å². The molecule has 0 aliphatic rings. The van der Waals surface area contributed by atoms with E-state index in [0.29, 0.717) is 36.9 Å². The second-order valence-electron chi connectivity index (χ2n) is 7.17. The van der Waals surface area contributed by atoms with Crippen molar-refractivity contribution >= 4 is 22.7 Å².